The second kappa shape index (κ2) is 6.93. The Balaban J connectivity index is 1.70. The molecule has 1 amide bonds. The number of nitrogens with one attached hydrogen (secondary N) is 2. The van der Waals surface area contributed by atoms with E-state index in [-0.39, 0.29) is 5.91 Å². The van der Waals surface area contributed by atoms with Gasteiger partial charge >= 0.3 is 0 Å². The number of methoxy groups -OCH3 is 1. The molecule has 0 fully saturated rings. The van der Waals surface area contributed by atoms with Crippen molar-refractivity contribution < 1.29 is 9.53 Å². The van der Waals surface area contributed by atoms with Crippen LogP contribution in [0.25, 0.3) is 0 Å². The zero-order valence-corrected chi connectivity index (χ0v) is 14.7. The molecule has 0 unspecified atom stereocenters. The van der Waals surface area contributed by atoms with Gasteiger partial charge < -0.3 is 9.30 Å². The van der Waals surface area contributed by atoms with E-state index in [0.717, 1.165) is 11.5 Å². The molecule has 3 aromatic rings. The molecule has 0 saturated heterocycles. The summed E-state index contributed by atoms with van der Waals surface area (Å²) in [5.74, 6) is 1.19. The molecular formula is C15H15N5O2S2. The quantitative estimate of drug-likeness (QED) is 0.683. The fourth-order valence-electron chi connectivity index (χ4n) is 2.08. The normalized spacial score (nSPS) is 10.6. The maximum absolute atomic E-state index is 12.3. The number of hydrogen-bond acceptors (Lipinski definition) is 6. The monoisotopic (exact) mass is 361 g/mol. The van der Waals surface area contributed by atoms with Gasteiger partial charge in [-0.1, -0.05) is 6.07 Å². The van der Waals surface area contributed by atoms with Gasteiger partial charge in [-0.2, -0.15) is 5.10 Å². The van der Waals surface area contributed by atoms with Gasteiger partial charge in [0.25, 0.3) is 5.91 Å². The first-order valence-electron chi connectivity index (χ1n) is 7.07. The van der Waals surface area contributed by atoms with Crippen molar-refractivity contribution in [1.82, 2.24) is 19.7 Å². The first kappa shape index (κ1) is 16.3. The highest BCUT2D eigenvalue weighted by Gasteiger charge is 2.11. The van der Waals surface area contributed by atoms with Crippen LogP contribution in [0.1, 0.15) is 21.9 Å². The number of aromatic amines is 1. The zero-order valence-electron chi connectivity index (χ0n) is 13.1. The molecule has 0 atom stereocenters. The number of carbonyl (C=O) groups excluding carboxylic acids is 1. The van der Waals surface area contributed by atoms with Gasteiger partial charge in [-0.25, -0.2) is 4.98 Å². The van der Waals surface area contributed by atoms with E-state index < -0.39 is 0 Å². The van der Waals surface area contributed by atoms with Crippen LogP contribution in [0.4, 0.5) is 5.13 Å². The number of hydrogen-bond donors (Lipinski definition) is 2. The highest BCUT2D eigenvalue weighted by molar-refractivity contribution is 7.71. The molecule has 0 aliphatic rings. The van der Waals surface area contributed by atoms with Gasteiger partial charge in [0.15, 0.2) is 9.90 Å². The maximum Gasteiger partial charge on any atom is 0.257 e. The summed E-state index contributed by atoms with van der Waals surface area (Å²) in [4.78, 5) is 16.7. The van der Waals surface area contributed by atoms with Crippen molar-refractivity contribution in [3.8, 4) is 5.75 Å². The van der Waals surface area contributed by atoms with Gasteiger partial charge in [0.2, 0.25) is 0 Å². The summed E-state index contributed by atoms with van der Waals surface area (Å²) in [6, 6.07) is 6.96. The molecule has 0 aliphatic carbocycles. The topological polar surface area (TPSA) is 84.8 Å². The number of aromatic nitrogens is 4. The Hall–Kier alpha value is -2.52. The average molecular weight is 361 g/mol. The largest absolute Gasteiger partial charge is 0.497 e. The van der Waals surface area contributed by atoms with Crippen LogP contribution >= 0.6 is 23.6 Å². The number of thiazole rings is 1. The van der Waals surface area contributed by atoms with E-state index in [0.29, 0.717) is 27.6 Å². The third kappa shape index (κ3) is 3.52. The first-order chi connectivity index (χ1) is 11.6. The van der Waals surface area contributed by atoms with E-state index in [9.17, 15) is 4.79 Å². The Morgan fingerprint density at radius 3 is 3.04 bits per heavy atom. The van der Waals surface area contributed by atoms with E-state index >= 15 is 0 Å². The molecule has 2 aromatic heterocycles. The van der Waals surface area contributed by atoms with Gasteiger partial charge in [-0.15, -0.1) is 11.3 Å². The molecule has 2 heterocycles. The van der Waals surface area contributed by atoms with Crippen LogP contribution in [0.2, 0.25) is 0 Å². The van der Waals surface area contributed by atoms with Crippen molar-refractivity contribution in [3.63, 3.8) is 0 Å². The van der Waals surface area contributed by atoms with Gasteiger partial charge in [0.1, 0.15) is 11.6 Å². The van der Waals surface area contributed by atoms with Crippen molar-refractivity contribution in [1.29, 1.82) is 0 Å². The second-order valence-electron chi connectivity index (χ2n) is 5.01. The highest BCUT2D eigenvalue weighted by Crippen LogP contribution is 2.19. The second-order valence-corrected chi connectivity index (χ2v) is 6.26. The molecule has 1 aromatic carbocycles. The average Bonchev–Trinajstić information content (AvgIpc) is 3.16. The number of H-pyrrole nitrogens is 1. The summed E-state index contributed by atoms with van der Waals surface area (Å²) < 4.78 is 7.48. The van der Waals surface area contributed by atoms with E-state index in [1.807, 2.05) is 12.4 Å². The molecule has 0 spiro atoms. The van der Waals surface area contributed by atoms with Crippen LogP contribution in [-0.2, 0) is 13.5 Å². The van der Waals surface area contributed by atoms with Crippen LogP contribution in [0.3, 0.4) is 0 Å². The van der Waals surface area contributed by atoms with Crippen LogP contribution < -0.4 is 10.1 Å². The third-order valence-electron chi connectivity index (χ3n) is 3.42. The van der Waals surface area contributed by atoms with Crippen LogP contribution in [0.5, 0.6) is 5.75 Å². The molecule has 2 N–H and O–H groups in total. The molecule has 0 saturated carbocycles. The fraction of sp³-hybridized carbons (Fsp3) is 0.200. The smallest absolute Gasteiger partial charge is 0.257 e. The van der Waals surface area contributed by atoms with E-state index in [1.165, 1.54) is 11.3 Å². The predicted octanol–water partition coefficient (Wildman–Crippen LogP) is 2.79. The van der Waals surface area contributed by atoms with Crippen LogP contribution in [0, 0.1) is 4.77 Å². The lowest BCUT2D eigenvalue weighted by atomic mass is 10.2. The molecule has 7 nitrogen and oxygen atoms in total. The summed E-state index contributed by atoms with van der Waals surface area (Å²) in [5, 5.41) is 12.1. The molecular weight excluding hydrogens is 346 g/mol. The molecule has 124 valence electrons. The lowest BCUT2D eigenvalue weighted by Crippen LogP contribution is -2.11. The van der Waals surface area contributed by atoms with Gasteiger partial charge in [0.05, 0.1) is 19.2 Å². The summed E-state index contributed by atoms with van der Waals surface area (Å²) in [7, 11) is 3.41. The minimum Gasteiger partial charge on any atom is -0.497 e. The SMILES string of the molecule is COc1cccc(C(=O)Nc2nc(Cc3n[nH]c(=S)n3C)cs2)c1. The van der Waals surface area contributed by atoms with Crippen molar-refractivity contribution in [2.24, 2.45) is 7.05 Å². The van der Waals surface area contributed by atoms with Crippen molar-refractivity contribution in [2.45, 2.75) is 6.42 Å². The Morgan fingerprint density at radius 2 is 2.33 bits per heavy atom. The fourth-order valence-corrected chi connectivity index (χ4v) is 2.94. The predicted molar refractivity (Wildman–Crippen MR) is 94.3 cm³/mol. The Kier molecular flexibility index (Phi) is 4.72. The summed E-state index contributed by atoms with van der Waals surface area (Å²) in [6.07, 6.45) is 0.537. The Bertz CT molecular complexity index is 928. The van der Waals surface area contributed by atoms with Crippen LogP contribution in [0.15, 0.2) is 29.6 Å². The standard InChI is InChI=1S/C15H15N5O2S2/c1-20-12(18-19-15(20)23)7-10-8-24-14(16-10)17-13(21)9-4-3-5-11(6-9)22-2/h3-6,8H,7H2,1-2H3,(H,19,23)(H,16,17,21). The number of carbonyl (C=O) groups is 1. The zero-order chi connectivity index (χ0) is 17.1. The lowest BCUT2D eigenvalue weighted by molar-refractivity contribution is 0.102. The maximum atomic E-state index is 12.3. The minimum atomic E-state index is -0.229. The van der Waals surface area contributed by atoms with Crippen molar-refractivity contribution >= 4 is 34.6 Å². The molecule has 0 aliphatic heterocycles. The van der Waals surface area contributed by atoms with Gasteiger partial charge in [0, 0.05) is 18.0 Å². The number of benzene rings is 1. The van der Waals surface area contributed by atoms with E-state index in [4.69, 9.17) is 17.0 Å². The molecule has 24 heavy (non-hydrogen) atoms. The van der Waals surface area contributed by atoms with Crippen molar-refractivity contribution in [2.75, 3.05) is 12.4 Å². The Labute approximate surface area is 147 Å². The lowest BCUT2D eigenvalue weighted by Gasteiger charge is -2.04. The third-order valence-corrected chi connectivity index (χ3v) is 4.59. The van der Waals surface area contributed by atoms with Gasteiger partial charge in [-0.3, -0.25) is 15.2 Å². The first-order valence-corrected chi connectivity index (χ1v) is 8.35. The van der Waals surface area contributed by atoms with Crippen molar-refractivity contribution in [3.05, 3.63) is 51.5 Å². The minimum absolute atomic E-state index is 0.229. The number of ether oxygens (including phenoxy) is 1. The molecule has 0 radical (unpaired) electrons. The number of rotatable bonds is 5. The Morgan fingerprint density at radius 1 is 1.50 bits per heavy atom. The highest BCUT2D eigenvalue weighted by atomic mass is 32.1. The van der Waals surface area contributed by atoms with E-state index in [1.54, 1.807) is 35.9 Å². The number of anilines is 1. The molecule has 0 bridgehead atoms. The summed E-state index contributed by atoms with van der Waals surface area (Å²) in [6.45, 7) is 0. The summed E-state index contributed by atoms with van der Waals surface area (Å²) >= 11 is 6.45. The summed E-state index contributed by atoms with van der Waals surface area (Å²) in [5.41, 5.74) is 1.33. The van der Waals surface area contributed by atoms with Gasteiger partial charge in [-0.05, 0) is 30.4 Å². The molecule has 3 rings (SSSR count). The molecule has 9 heteroatoms. The number of amides is 1. The van der Waals surface area contributed by atoms with E-state index in [2.05, 4.69) is 20.5 Å². The number of nitrogens with zero attached hydrogens (tertiary/aromatic N) is 3. The van der Waals surface area contributed by atoms with Crippen LogP contribution in [-0.4, -0.2) is 32.8 Å².